The number of aryl methyl sites for hydroxylation is 1. The van der Waals surface area contributed by atoms with Crippen molar-refractivity contribution in [1.29, 1.82) is 0 Å². The van der Waals surface area contributed by atoms with Gasteiger partial charge in [0.1, 0.15) is 0 Å². The number of hydrogen-bond acceptors (Lipinski definition) is 4. The normalized spacial score (nSPS) is 25.0. The quantitative estimate of drug-likeness (QED) is 0.856. The third-order valence-electron chi connectivity index (χ3n) is 5.46. The summed E-state index contributed by atoms with van der Waals surface area (Å²) >= 11 is 0. The van der Waals surface area contributed by atoms with Gasteiger partial charge in [-0.05, 0) is 50.3 Å². The van der Waals surface area contributed by atoms with Crippen LogP contribution in [0.1, 0.15) is 37.7 Å². The van der Waals surface area contributed by atoms with E-state index in [9.17, 15) is 9.90 Å². The molecule has 0 atom stereocenters. The molecule has 25 heavy (non-hydrogen) atoms. The molecule has 1 heterocycles. The summed E-state index contributed by atoms with van der Waals surface area (Å²) in [5, 5.41) is 12.7. The highest BCUT2D eigenvalue weighted by molar-refractivity contribution is 5.76. The van der Waals surface area contributed by atoms with E-state index in [4.69, 9.17) is 0 Å². The molecule has 3 rings (SSSR count). The van der Waals surface area contributed by atoms with E-state index in [0.29, 0.717) is 6.42 Å². The van der Waals surface area contributed by atoms with Crippen LogP contribution in [0.25, 0.3) is 0 Å². The average molecular weight is 345 g/mol. The Morgan fingerprint density at radius 3 is 2.56 bits per heavy atom. The lowest BCUT2D eigenvalue weighted by molar-refractivity contribution is -0.122. The molecular weight excluding hydrogens is 314 g/mol. The summed E-state index contributed by atoms with van der Waals surface area (Å²) in [5.41, 5.74) is 2.60. The number of hydrogen-bond donors (Lipinski definition) is 2. The molecule has 138 valence electrons. The highest BCUT2D eigenvalue weighted by Crippen LogP contribution is 2.19. The molecule has 0 bridgehead atoms. The van der Waals surface area contributed by atoms with Crippen LogP contribution < -0.4 is 10.2 Å². The fraction of sp³-hybridized carbons (Fsp3) is 0.650. The summed E-state index contributed by atoms with van der Waals surface area (Å²) in [6.07, 6.45) is 3.84. The number of nitrogens with zero attached hydrogens (tertiary/aromatic N) is 2. The molecule has 5 nitrogen and oxygen atoms in total. The number of amides is 1. The molecular formula is C20H31N3O2. The highest BCUT2D eigenvalue weighted by Gasteiger charge is 2.22. The van der Waals surface area contributed by atoms with Crippen molar-refractivity contribution in [3.05, 3.63) is 29.8 Å². The monoisotopic (exact) mass is 345 g/mol. The first-order chi connectivity index (χ1) is 12.1. The Bertz CT molecular complexity index is 562. The summed E-state index contributed by atoms with van der Waals surface area (Å²) in [4.78, 5) is 17.0. The third-order valence-corrected chi connectivity index (χ3v) is 5.46. The Morgan fingerprint density at radius 1 is 1.16 bits per heavy atom. The van der Waals surface area contributed by atoms with Crippen LogP contribution in [0.4, 0.5) is 5.69 Å². The van der Waals surface area contributed by atoms with Gasteiger partial charge in [0, 0.05) is 50.9 Å². The van der Waals surface area contributed by atoms with Gasteiger partial charge in [0.15, 0.2) is 0 Å². The summed E-state index contributed by atoms with van der Waals surface area (Å²) < 4.78 is 0. The van der Waals surface area contributed by atoms with Gasteiger partial charge in [-0.1, -0.05) is 12.1 Å². The van der Waals surface area contributed by atoms with Crippen LogP contribution in [-0.4, -0.2) is 60.8 Å². The first-order valence-corrected chi connectivity index (χ1v) is 9.61. The van der Waals surface area contributed by atoms with Crippen molar-refractivity contribution < 1.29 is 9.90 Å². The van der Waals surface area contributed by atoms with Gasteiger partial charge in [-0.3, -0.25) is 9.69 Å². The first kappa shape index (κ1) is 18.2. The first-order valence-electron chi connectivity index (χ1n) is 9.61. The lowest BCUT2D eigenvalue weighted by Gasteiger charge is -2.36. The van der Waals surface area contributed by atoms with Crippen molar-refractivity contribution in [2.45, 2.75) is 51.2 Å². The fourth-order valence-corrected chi connectivity index (χ4v) is 3.83. The second kappa shape index (κ2) is 8.68. The predicted octanol–water partition coefficient (Wildman–Crippen LogP) is 1.93. The van der Waals surface area contributed by atoms with Crippen molar-refractivity contribution in [2.75, 3.05) is 37.6 Å². The van der Waals surface area contributed by atoms with Crippen LogP contribution >= 0.6 is 0 Å². The molecule has 1 aromatic rings. The second-order valence-electron chi connectivity index (χ2n) is 7.49. The molecule has 2 aliphatic rings. The molecule has 0 aromatic heterocycles. The topological polar surface area (TPSA) is 55.8 Å². The smallest absolute Gasteiger partial charge is 0.221 e. The Labute approximate surface area is 151 Å². The Balaban J connectivity index is 1.35. The van der Waals surface area contributed by atoms with E-state index < -0.39 is 0 Å². The molecule has 5 heteroatoms. The number of aliphatic hydroxyl groups is 1. The van der Waals surface area contributed by atoms with Gasteiger partial charge in [-0.2, -0.15) is 0 Å². The zero-order valence-corrected chi connectivity index (χ0v) is 15.3. The Hall–Kier alpha value is -1.59. The number of nitrogens with one attached hydrogen (secondary N) is 1. The van der Waals surface area contributed by atoms with Gasteiger partial charge in [-0.15, -0.1) is 0 Å². The number of aliphatic hydroxyl groups excluding tert-OH is 1. The van der Waals surface area contributed by atoms with E-state index in [-0.39, 0.29) is 18.1 Å². The SMILES string of the molecule is Cc1cccc(N2CCN(CCC(=O)NC3CCC(O)CC3)CC2)c1. The Morgan fingerprint density at radius 2 is 1.88 bits per heavy atom. The molecule has 2 N–H and O–H groups in total. The van der Waals surface area contributed by atoms with Gasteiger partial charge >= 0.3 is 0 Å². The molecule has 2 fully saturated rings. The van der Waals surface area contributed by atoms with Gasteiger partial charge in [-0.25, -0.2) is 0 Å². The average Bonchev–Trinajstić information content (AvgIpc) is 2.62. The third kappa shape index (κ3) is 5.44. The van der Waals surface area contributed by atoms with Crippen LogP contribution in [0.3, 0.4) is 0 Å². The van der Waals surface area contributed by atoms with E-state index in [1.807, 2.05) is 0 Å². The number of piperazine rings is 1. The maximum absolute atomic E-state index is 12.1. The number of anilines is 1. The van der Waals surface area contributed by atoms with Gasteiger partial charge in [0.25, 0.3) is 0 Å². The maximum atomic E-state index is 12.1. The van der Waals surface area contributed by atoms with E-state index in [2.05, 4.69) is 46.3 Å². The summed E-state index contributed by atoms with van der Waals surface area (Å²) in [6, 6.07) is 8.92. The molecule has 0 unspecified atom stereocenters. The molecule has 0 spiro atoms. The minimum absolute atomic E-state index is 0.155. The van der Waals surface area contributed by atoms with E-state index >= 15 is 0 Å². The lowest BCUT2D eigenvalue weighted by atomic mass is 9.93. The van der Waals surface area contributed by atoms with Crippen molar-refractivity contribution >= 4 is 11.6 Å². The zero-order chi connectivity index (χ0) is 17.6. The van der Waals surface area contributed by atoms with Crippen molar-refractivity contribution in [2.24, 2.45) is 0 Å². The highest BCUT2D eigenvalue weighted by atomic mass is 16.3. The Kier molecular flexibility index (Phi) is 6.32. The fourth-order valence-electron chi connectivity index (χ4n) is 3.83. The molecule has 1 aliphatic heterocycles. The number of benzene rings is 1. The van der Waals surface area contributed by atoms with E-state index in [1.165, 1.54) is 11.3 Å². The van der Waals surface area contributed by atoms with Crippen LogP contribution in [0.5, 0.6) is 0 Å². The molecule has 1 saturated carbocycles. The van der Waals surface area contributed by atoms with Crippen molar-refractivity contribution in [3.63, 3.8) is 0 Å². The molecule has 1 aliphatic carbocycles. The molecule has 0 radical (unpaired) electrons. The molecule has 1 amide bonds. The van der Waals surface area contributed by atoms with Crippen molar-refractivity contribution in [1.82, 2.24) is 10.2 Å². The minimum Gasteiger partial charge on any atom is -0.393 e. The molecule has 1 saturated heterocycles. The van der Waals surface area contributed by atoms with Crippen molar-refractivity contribution in [3.8, 4) is 0 Å². The van der Waals surface area contributed by atoms with E-state index in [1.54, 1.807) is 0 Å². The lowest BCUT2D eigenvalue weighted by Crippen LogP contribution is -2.47. The number of carbonyl (C=O) groups excluding carboxylic acids is 1. The van der Waals surface area contributed by atoms with Gasteiger partial charge < -0.3 is 15.3 Å². The number of carbonyl (C=O) groups is 1. The standard InChI is InChI=1S/C20H31N3O2/c1-16-3-2-4-18(15-16)23-13-11-22(12-14-23)10-9-20(25)21-17-5-7-19(24)8-6-17/h2-4,15,17,19,24H,5-14H2,1H3,(H,21,25). The van der Waals surface area contributed by atoms with Crippen LogP contribution in [-0.2, 0) is 4.79 Å². The second-order valence-corrected chi connectivity index (χ2v) is 7.49. The number of rotatable bonds is 5. The minimum atomic E-state index is -0.169. The van der Waals surface area contributed by atoms with Gasteiger partial charge in [0.2, 0.25) is 5.91 Å². The summed E-state index contributed by atoms with van der Waals surface area (Å²) in [5.74, 6) is 0.155. The van der Waals surface area contributed by atoms with E-state index in [0.717, 1.165) is 58.4 Å². The van der Waals surface area contributed by atoms with Gasteiger partial charge in [0.05, 0.1) is 6.10 Å². The maximum Gasteiger partial charge on any atom is 0.221 e. The molecule has 1 aromatic carbocycles. The summed E-state index contributed by atoms with van der Waals surface area (Å²) in [6.45, 7) is 7.03. The van der Waals surface area contributed by atoms with Crippen LogP contribution in [0.15, 0.2) is 24.3 Å². The zero-order valence-electron chi connectivity index (χ0n) is 15.3. The predicted molar refractivity (Wildman–Crippen MR) is 101 cm³/mol. The summed E-state index contributed by atoms with van der Waals surface area (Å²) in [7, 11) is 0. The largest absolute Gasteiger partial charge is 0.393 e. The van der Waals surface area contributed by atoms with Crippen LogP contribution in [0, 0.1) is 6.92 Å². The van der Waals surface area contributed by atoms with Crippen LogP contribution in [0.2, 0.25) is 0 Å².